The number of hydrazine groups is 1. The lowest BCUT2D eigenvalue weighted by Gasteiger charge is -2.38. The van der Waals surface area contributed by atoms with E-state index < -0.39 is 0 Å². The molecule has 0 aromatic heterocycles. The molecule has 1 saturated heterocycles. The van der Waals surface area contributed by atoms with Gasteiger partial charge in [-0.1, -0.05) is 6.42 Å². The van der Waals surface area contributed by atoms with Gasteiger partial charge in [-0.15, -0.1) is 0 Å². The molecule has 0 spiro atoms. The predicted octanol–water partition coefficient (Wildman–Crippen LogP) is 2.73. The molecule has 1 aromatic carbocycles. The normalized spacial score (nSPS) is 24.8. The van der Waals surface area contributed by atoms with E-state index in [1.165, 1.54) is 30.7 Å². The van der Waals surface area contributed by atoms with Gasteiger partial charge in [-0.3, -0.25) is 10.2 Å². The first-order valence-corrected chi connectivity index (χ1v) is 6.43. The minimum absolute atomic E-state index is 0.171. The minimum atomic E-state index is -0.328. The van der Waals surface area contributed by atoms with Crippen molar-refractivity contribution in [3.63, 3.8) is 0 Å². The fourth-order valence-corrected chi connectivity index (χ4v) is 2.42. The molecule has 4 heteroatoms. The molecule has 2 rings (SSSR count). The van der Waals surface area contributed by atoms with E-state index in [2.05, 4.69) is 19.3 Å². The number of carbonyl (C=O) groups is 1. The standard InChI is InChI=1S/C14H19FN2O/c1-10-4-3-5-11(2)17(10)16-14(18)12-6-8-13(15)9-7-12/h6-11H,3-5H2,1-2H3,(H,16,18)/t10-,11-/m0/s1. The molecule has 2 atom stereocenters. The minimum Gasteiger partial charge on any atom is -0.284 e. The number of amides is 1. The Morgan fingerprint density at radius 3 is 2.33 bits per heavy atom. The molecule has 0 radical (unpaired) electrons. The summed E-state index contributed by atoms with van der Waals surface area (Å²) in [7, 11) is 0. The molecule has 98 valence electrons. The van der Waals surface area contributed by atoms with Gasteiger partial charge in [0.1, 0.15) is 5.82 Å². The van der Waals surface area contributed by atoms with Gasteiger partial charge in [0, 0.05) is 17.6 Å². The molecule has 0 aliphatic carbocycles. The van der Waals surface area contributed by atoms with Crippen LogP contribution in [0.2, 0.25) is 0 Å². The van der Waals surface area contributed by atoms with E-state index in [9.17, 15) is 9.18 Å². The molecule has 3 nitrogen and oxygen atoms in total. The summed E-state index contributed by atoms with van der Waals surface area (Å²) in [6.07, 6.45) is 3.38. The SMILES string of the molecule is C[C@H]1CCC[C@H](C)N1NC(=O)c1ccc(F)cc1. The zero-order valence-electron chi connectivity index (χ0n) is 10.8. The van der Waals surface area contributed by atoms with Crippen molar-refractivity contribution in [2.75, 3.05) is 0 Å². The molecule has 0 bridgehead atoms. The number of piperidine rings is 1. The highest BCUT2D eigenvalue weighted by molar-refractivity contribution is 5.93. The molecule has 1 aromatic rings. The van der Waals surface area contributed by atoms with Gasteiger partial charge >= 0.3 is 0 Å². The molecule has 18 heavy (non-hydrogen) atoms. The average Bonchev–Trinajstić information content (AvgIpc) is 2.34. The second-order valence-electron chi connectivity index (χ2n) is 4.98. The van der Waals surface area contributed by atoms with E-state index in [4.69, 9.17) is 0 Å². The molecule has 0 saturated carbocycles. The van der Waals surface area contributed by atoms with Crippen molar-refractivity contribution in [3.8, 4) is 0 Å². The van der Waals surface area contributed by atoms with E-state index >= 15 is 0 Å². The van der Waals surface area contributed by atoms with Crippen molar-refractivity contribution in [1.82, 2.24) is 10.4 Å². The van der Waals surface area contributed by atoms with Crippen LogP contribution in [0.15, 0.2) is 24.3 Å². The maximum Gasteiger partial charge on any atom is 0.265 e. The van der Waals surface area contributed by atoms with Crippen LogP contribution in [0.1, 0.15) is 43.5 Å². The van der Waals surface area contributed by atoms with Gasteiger partial charge in [-0.2, -0.15) is 0 Å². The van der Waals surface area contributed by atoms with Crippen LogP contribution in [0, 0.1) is 5.82 Å². The predicted molar refractivity (Wildman–Crippen MR) is 68.5 cm³/mol. The highest BCUT2D eigenvalue weighted by atomic mass is 19.1. The van der Waals surface area contributed by atoms with Gasteiger partial charge in [0.15, 0.2) is 0 Å². The second kappa shape index (κ2) is 5.48. The van der Waals surface area contributed by atoms with Crippen LogP contribution in [0.3, 0.4) is 0 Å². The Morgan fingerprint density at radius 2 is 1.78 bits per heavy atom. The highest BCUT2D eigenvalue weighted by Crippen LogP contribution is 2.20. The van der Waals surface area contributed by atoms with Crippen LogP contribution in [-0.4, -0.2) is 23.0 Å². The number of hydrogen-bond acceptors (Lipinski definition) is 2. The van der Waals surface area contributed by atoms with E-state index in [0.29, 0.717) is 17.6 Å². The van der Waals surface area contributed by atoms with E-state index in [1.807, 2.05) is 5.01 Å². The summed E-state index contributed by atoms with van der Waals surface area (Å²) in [5.41, 5.74) is 3.41. The quantitative estimate of drug-likeness (QED) is 0.875. The smallest absolute Gasteiger partial charge is 0.265 e. The lowest BCUT2D eigenvalue weighted by molar-refractivity contribution is 0.0370. The maximum atomic E-state index is 12.8. The van der Waals surface area contributed by atoms with Gasteiger partial charge in [0.25, 0.3) is 5.91 Å². The van der Waals surface area contributed by atoms with Crippen LogP contribution < -0.4 is 5.43 Å². The summed E-state index contributed by atoms with van der Waals surface area (Å²) < 4.78 is 12.8. The number of nitrogens with zero attached hydrogens (tertiary/aromatic N) is 1. The molecular weight excluding hydrogens is 231 g/mol. The zero-order valence-corrected chi connectivity index (χ0v) is 10.8. The fraction of sp³-hybridized carbons (Fsp3) is 0.500. The van der Waals surface area contributed by atoms with E-state index in [1.54, 1.807) is 0 Å². The maximum absolute atomic E-state index is 12.8. The third kappa shape index (κ3) is 2.88. The zero-order chi connectivity index (χ0) is 13.1. The first-order valence-electron chi connectivity index (χ1n) is 6.43. The first-order chi connectivity index (χ1) is 8.58. The molecule has 1 heterocycles. The van der Waals surface area contributed by atoms with E-state index in [0.717, 1.165) is 12.8 Å². The molecule has 1 N–H and O–H groups in total. The number of hydrogen-bond donors (Lipinski definition) is 1. The Bertz CT molecular complexity index is 408. The summed E-state index contributed by atoms with van der Waals surface area (Å²) >= 11 is 0. The Labute approximate surface area is 107 Å². The van der Waals surface area contributed by atoms with Crippen molar-refractivity contribution in [3.05, 3.63) is 35.6 Å². The van der Waals surface area contributed by atoms with Gasteiger partial charge < -0.3 is 0 Å². The third-order valence-electron chi connectivity index (χ3n) is 3.53. The molecule has 1 aliphatic heterocycles. The van der Waals surface area contributed by atoms with Gasteiger partial charge in [-0.05, 0) is 51.0 Å². The Balaban J connectivity index is 2.04. The number of benzene rings is 1. The first kappa shape index (κ1) is 13.0. The largest absolute Gasteiger partial charge is 0.284 e. The summed E-state index contributed by atoms with van der Waals surface area (Å²) in [5.74, 6) is -0.498. The summed E-state index contributed by atoms with van der Waals surface area (Å²) in [5, 5.41) is 2.01. The number of rotatable bonds is 2. The van der Waals surface area contributed by atoms with Gasteiger partial charge in [0.2, 0.25) is 0 Å². The second-order valence-corrected chi connectivity index (χ2v) is 4.98. The van der Waals surface area contributed by atoms with E-state index in [-0.39, 0.29) is 11.7 Å². The third-order valence-corrected chi connectivity index (χ3v) is 3.53. The number of halogens is 1. The van der Waals surface area contributed by atoms with Crippen LogP contribution in [-0.2, 0) is 0 Å². The lowest BCUT2D eigenvalue weighted by atomic mass is 10.00. The van der Waals surface area contributed by atoms with Gasteiger partial charge in [-0.25, -0.2) is 9.40 Å². The van der Waals surface area contributed by atoms with Crippen LogP contribution in [0.25, 0.3) is 0 Å². The van der Waals surface area contributed by atoms with Crippen LogP contribution >= 0.6 is 0 Å². The average molecular weight is 250 g/mol. The Kier molecular flexibility index (Phi) is 3.97. The topological polar surface area (TPSA) is 32.3 Å². The van der Waals surface area contributed by atoms with Crippen molar-refractivity contribution < 1.29 is 9.18 Å². The Hall–Kier alpha value is -1.42. The number of nitrogens with one attached hydrogen (secondary N) is 1. The molecule has 1 amide bonds. The van der Waals surface area contributed by atoms with Crippen LogP contribution in [0.4, 0.5) is 4.39 Å². The summed E-state index contributed by atoms with van der Waals surface area (Å²) in [6, 6.07) is 6.31. The molecular formula is C14H19FN2O. The van der Waals surface area contributed by atoms with Crippen molar-refractivity contribution in [1.29, 1.82) is 0 Å². The molecule has 1 fully saturated rings. The van der Waals surface area contributed by atoms with Crippen LogP contribution in [0.5, 0.6) is 0 Å². The monoisotopic (exact) mass is 250 g/mol. The fourth-order valence-electron chi connectivity index (χ4n) is 2.42. The Morgan fingerprint density at radius 1 is 1.22 bits per heavy atom. The molecule has 1 aliphatic rings. The highest BCUT2D eigenvalue weighted by Gasteiger charge is 2.26. The number of carbonyl (C=O) groups excluding carboxylic acids is 1. The van der Waals surface area contributed by atoms with Crippen molar-refractivity contribution >= 4 is 5.91 Å². The molecule has 0 unspecified atom stereocenters. The lowest BCUT2D eigenvalue weighted by Crippen LogP contribution is -2.54. The van der Waals surface area contributed by atoms with Crippen molar-refractivity contribution in [2.45, 2.75) is 45.2 Å². The summed E-state index contributed by atoms with van der Waals surface area (Å²) in [4.78, 5) is 12.0. The van der Waals surface area contributed by atoms with Crippen molar-refractivity contribution in [2.24, 2.45) is 0 Å². The summed E-state index contributed by atoms with van der Waals surface area (Å²) in [6.45, 7) is 4.22. The van der Waals surface area contributed by atoms with Gasteiger partial charge in [0.05, 0.1) is 0 Å².